The molecule has 0 bridgehead atoms. The molecule has 1 aromatic carbocycles. The average Bonchev–Trinajstić information content (AvgIpc) is 2.30. The second-order valence-corrected chi connectivity index (χ2v) is 6.26. The fraction of sp³-hybridized carbons (Fsp3) is 0.538. The fourth-order valence-corrected chi connectivity index (χ4v) is 3.22. The maximum atomic E-state index is 6.35. The monoisotopic (exact) mass is 364 g/mol. The highest BCUT2D eigenvalue weighted by atomic mass is 127. The zero-order valence-electron chi connectivity index (χ0n) is 10.2. The van der Waals surface area contributed by atoms with Crippen LogP contribution in [0, 0.1) is 3.57 Å². The largest absolute Gasteiger partial charge is 0.365 e. The molecule has 0 radical (unpaired) electrons. The molecule has 1 N–H and O–H groups in total. The summed E-state index contributed by atoms with van der Waals surface area (Å²) < 4.78 is 1.19. The Morgan fingerprint density at radius 3 is 2.94 bits per heavy atom. The maximum absolute atomic E-state index is 6.35. The molecule has 1 aliphatic heterocycles. The Bertz CT molecular complexity index is 397. The molecule has 94 valence electrons. The smallest absolute Gasteiger partial charge is 0.0650 e. The van der Waals surface area contributed by atoms with E-state index in [2.05, 4.69) is 58.8 Å². The van der Waals surface area contributed by atoms with Gasteiger partial charge in [0.05, 0.1) is 10.7 Å². The van der Waals surface area contributed by atoms with Crippen molar-refractivity contribution in [3.05, 3.63) is 26.8 Å². The van der Waals surface area contributed by atoms with Crippen molar-refractivity contribution in [1.82, 2.24) is 5.32 Å². The van der Waals surface area contributed by atoms with Gasteiger partial charge in [0.15, 0.2) is 0 Å². The number of nitrogens with zero attached hydrogens (tertiary/aromatic N) is 1. The summed E-state index contributed by atoms with van der Waals surface area (Å²) in [5, 5.41) is 4.42. The van der Waals surface area contributed by atoms with Crippen molar-refractivity contribution >= 4 is 39.9 Å². The molecule has 0 saturated carbocycles. The first-order valence-corrected chi connectivity index (χ1v) is 7.52. The van der Waals surface area contributed by atoms with Gasteiger partial charge in [-0.3, -0.25) is 0 Å². The molecular formula is C13H18ClIN2. The fourth-order valence-electron chi connectivity index (χ4n) is 2.25. The number of benzene rings is 1. The van der Waals surface area contributed by atoms with Crippen LogP contribution in [0.2, 0.25) is 5.02 Å². The molecule has 0 aromatic heterocycles. The summed E-state index contributed by atoms with van der Waals surface area (Å²) >= 11 is 8.65. The zero-order valence-corrected chi connectivity index (χ0v) is 13.1. The van der Waals surface area contributed by atoms with Gasteiger partial charge in [-0.25, -0.2) is 0 Å². The molecule has 1 aliphatic rings. The summed E-state index contributed by atoms with van der Waals surface area (Å²) in [6.07, 6.45) is 1.16. The normalized spacial score (nSPS) is 25.1. The highest BCUT2D eigenvalue weighted by molar-refractivity contribution is 14.1. The Morgan fingerprint density at radius 1 is 1.53 bits per heavy atom. The van der Waals surface area contributed by atoms with Gasteiger partial charge in [0.1, 0.15) is 0 Å². The molecule has 2 atom stereocenters. The summed E-state index contributed by atoms with van der Waals surface area (Å²) in [5.41, 5.74) is 1.17. The minimum Gasteiger partial charge on any atom is -0.365 e. The zero-order chi connectivity index (χ0) is 12.4. The van der Waals surface area contributed by atoms with Crippen LogP contribution in [0.5, 0.6) is 0 Å². The van der Waals surface area contributed by atoms with E-state index in [1.807, 2.05) is 6.07 Å². The maximum Gasteiger partial charge on any atom is 0.0650 e. The molecular weight excluding hydrogens is 347 g/mol. The molecule has 0 spiro atoms. The van der Waals surface area contributed by atoms with E-state index < -0.39 is 0 Å². The Morgan fingerprint density at radius 2 is 2.29 bits per heavy atom. The van der Waals surface area contributed by atoms with Crippen molar-refractivity contribution < 1.29 is 0 Å². The molecule has 2 unspecified atom stereocenters. The van der Waals surface area contributed by atoms with Crippen LogP contribution in [0.1, 0.15) is 20.3 Å². The number of anilines is 1. The van der Waals surface area contributed by atoms with E-state index in [9.17, 15) is 0 Å². The van der Waals surface area contributed by atoms with Gasteiger partial charge in [0.2, 0.25) is 0 Å². The van der Waals surface area contributed by atoms with Crippen molar-refractivity contribution in [1.29, 1.82) is 0 Å². The average molecular weight is 365 g/mol. The van der Waals surface area contributed by atoms with Crippen LogP contribution in [0.3, 0.4) is 0 Å². The SMILES string of the molecule is CCC1CN(c2ccc(I)cc2Cl)C(C)CN1. The number of hydrogen-bond donors (Lipinski definition) is 1. The van der Waals surface area contributed by atoms with Gasteiger partial charge in [0, 0.05) is 28.7 Å². The van der Waals surface area contributed by atoms with E-state index >= 15 is 0 Å². The third-order valence-corrected chi connectivity index (χ3v) is 4.34. The number of halogens is 2. The van der Waals surface area contributed by atoms with Gasteiger partial charge >= 0.3 is 0 Å². The highest BCUT2D eigenvalue weighted by Crippen LogP contribution is 2.30. The standard InChI is InChI=1S/C13H18ClIN2/c1-3-11-8-17(9(2)7-16-11)13-5-4-10(15)6-12(13)14/h4-6,9,11,16H,3,7-8H2,1-2H3. The first-order chi connectivity index (χ1) is 8.11. The molecule has 4 heteroatoms. The molecule has 2 nitrogen and oxygen atoms in total. The summed E-state index contributed by atoms with van der Waals surface area (Å²) in [6.45, 7) is 6.54. The van der Waals surface area contributed by atoms with Gasteiger partial charge in [-0.1, -0.05) is 18.5 Å². The van der Waals surface area contributed by atoms with Crippen molar-refractivity contribution in [3.8, 4) is 0 Å². The predicted octanol–water partition coefficient (Wildman–Crippen LogP) is 3.52. The summed E-state index contributed by atoms with van der Waals surface area (Å²) in [5.74, 6) is 0. The van der Waals surface area contributed by atoms with E-state index in [4.69, 9.17) is 11.6 Å². The number of piperazine rings is 1. The van der Waals surface area contributed by atoms with E-state index in [0.29, 0.717) is 12.1 Å². The summed E-state index contributed by atoms with van der Waals surface area (Å²) in [6, 6.07) is 7.36. The second kappa shape index (κ2) is 5.76. The lowest BCUT2D eigenvalue weighted by Gasteiger charge is -2.40. The van der Waals surface area contributed by atoms with Gasteiger partial charge in [-0.05, 0) is 54.1 Å². The van der Waals surface area contributed by atoms with E-state index in [0.717, 1.165) is 24.5 Å². The summed E-state index contributed by atoms with van der Waals surface area (Å²) in [7, 11) is 0. The van der Waals surface area contributed by atoms with Gasteiger partial charge in [0.25, 0.3) is 0 Å². The first kappa shape index (κ1) is 13.4. The first-order valence-electron chi connectivity index (χ1n) is 6.07. The molecule has 1 fully saturated rings. The van der Waals surface area contributed by atoms with E-state index in [-0.39, 0.29) is 0 Å². The van der Waals surface area contributed by atoms with E-state index in [1.54, 1.807) is 0 Å². The van der Waals surface area contributed by atoms with Crippen LogP contribution in [0.15, 0.2) is 18.2 Å². The van der Waals surface area contributed by atoms with Crippen LogP contribution in [-0.4, -0.2) is 25.2 Å². The Balaban J connectivity index is 2.24. The lowest BCUT2D eigenvalue weighted by atomic mass is 10.1. The Kier molecular flexibility index (Phi) is 4.55. The molecule has 0 amide bonds. The topological polar surface area (TPSA) is 15.3 Å². The number of rotatable bonds is 2. The number of hydrogen-bond acceptors (Lipinski definition) is 2. The van der Waals surface area contributed by atoms with Crippen molar-refractivity contribution in [2.24, 2.45) is 0 Å². The van der Waals surface area contributed by atoms with E-state index in [1.165, 1.54) is 9.26 Å². The van der Waals surface area contributed by atoms with Crippen LogP contribution in [0.4, 0.5) is 5.69 Å². The molecule has 1 saturated heterocycles. The lowest BCUT2D eigenvalue weighted by molar-refractivity contribution is 0.397. The van der Waals surface area contributed by atoms with Crippen molar-refractivity contribution in [3.63, 3.8) is 0 Å². The number of nitrogens with one attached hydrogen (secondary N) is 1. The van der Waals surface area contributed by atoms with Gasteiger partial charge in [-0.2, -0.15) is 0 Å². The lowest BCUT2D eigenvalue weighted by Crippen LogP contribution is -2.55. The van der Waals surface area contributed by atoms with Crippen LogP contribution in [0.25, 0.3) is 0 Å². The van der Waals surface area contributed by atoms with Crippen molar-refractivity contribution in [2.45, 2.75) is 32.4 Å². The Hall–Kier alpha value is -0.000000000000000132. The second-order valence-electron chi connectivity index (χ2n) is 4.61. The molecule has 1 heterocycles. The quantitative estimate of drug-likeness (QED) is 0.808. The minimum atomic E-state index is 0.496. The minimum absolute atomic E-state index is 0.496. The molecule has 1 aromatic rings. The van der Waals surface area contributed by atoms with Crippen molar-refractivity contribution in [2.75, 3.05) is 18.0 Å². The van der Waals surface area contributed by atoms with Gasteiger partial charge < -0.3 is 10.2 Å². The van der Waals surface area contributed by atoms with Gasteiger partial charge in [-0.15, -0.1) is 0 Å². The molecule has 17 heavy (non-hydrogen) atoms. The van der Waals surface area contributed by atoms with Crippen LogP contribution >= 0.6 is 34.2 Å². The third-order valence-electron chi connectivity index (χ3n) is 3.36. The summed E-state index contributed by atoms with van der Waals surface area (Å²) in [4.78, 5) is 2.42. The Labute approximate surface area is 122 Å². The van der Waals surface area contributed by atoms with Crippen LogP contribution < -0.4 is 10.2 Å². The molecule has 2 rings (SSSR count). The highest BCUT2D eigenvalue weighted by Gasteiger charge is 2.25. The van der Waals surface area contributed by atoms with Crippen LogP contribution in [-0.2, 0) is 0 Å². The predicted molar refractivity (Wildman–Crippen MR) is 83.1 cm³/mol. The third kappa shape index (κ3) is 3.06. The molecule has 0 aliphatic carbocycles.